The molecular weight excluding hydrogens is 288 g/mol. The molecule has 1 aliphatic rings. The van der Waals surface area contributed by atoms with Gasteiger partial charge < -0.3 is 4.90 Å². The lowest BCUT2D eigenvalue weighted by Crippen LogP contribution is -2.33. The molecule has 0 atom stereocenters. The zero-order valence-electron chi connectivity index (χ0n) is 9.58. The first-order chi connectivity index (χ1) is 7.58. The molecule has 2 nitrogen and oxygen atoms in total. The van der Waals surface area contributed by atoms with Crippen molar-refractivity contribution in [1.82, 2.24) is 4.98 Å². The van der Waals surface area contributed by atoms with Gasteiger partial charge in [0.15, 0.2) is 0 Å². The third-order valence-electron chi connectivity index (χ3n) is 2.84. The number of hydrogen-bond acceptors (Lipinski definition) is 2. The second-order valence-electron chi connectivity index (χ2n) is 4.65. The van der Waals surface area contributed by atoms with Crippen molar-refractivity contribution in [2.24, 2.45) is 5.92 Å². The average molecular weight is 304 g/mol. The van der Waals surface area contributed by atoms with E-state index in [1.807, 2.05) is 6.07 Å². The van der Waals surface area contributed by atoms with E-state index in [0.717, 1.165) is 22.8 Å². The van der Waals surface area contributed by atoms with Crippen molar-refractivity contribution in [3.8, 4) is 0 Å². The first-order valence-electron chi connectivity index (χ1n) is 5.65. The maximum atomic E-state index is 5.91. The molecule has 0 aromatic carbocycles. The third-order valence-corrected chi connectivity index (χ3v) is 3.63. The highest BCUT2D eigenvalue weighted by molar-refractivity contribution is 9.10. The van der Waals surface area contributed by atoms with E-state index in [4.69, 9.17) is 11.6 Å². The molecule has 0 aliphatic heterocycles. The standard InChI is InChI=1S/C12H16BrClN2/c1-8(2)16(7-9-3-4-9)12-11(13)5-10(14)6-15-12/h5-6,8-9H,3-4,7H2,1-2H3. The summed E-state index contributed by atoms with van der Waals surface area (Å²) in [5, 5.41) is 0.672. The van der Waals surface area contributed by atoms with Gasteiger partial charge in [0.25, 0.3) is 0 Å². The first-order valence-corrected chi connectivity index (χ1v) is 6.82. The van der Waals surface area contributed by atoms with Gasteiger partial charge in [-0.15, -0.1) is 0 Å². The first kappa shape index (κ1) is 12.2. The number of anilines is 1. The van der Waals surface area contributed by atoms with Crippen LogP contribution >= 0.6 is 27.5 Å². The van der Waals surface area contributed by atoms with Crippen molar-refractivity contribution < 1.29 is 0 Å². The van der Waals surface area contributed by atoms with Crippen molar-refractivity contribution in [2.75, 3.05) is 11.4 Å². The third kappa shape index (κ3) is 2.89. The predicted molar refractivity (Wildman–Crippen MR) is 72.2 cm³/mol. The molecule has 0 radical (unpaired) electrons. The van der Waals surface area contributed by atoms with Gasteiger partial charge in [0.05, 0.1) is 9.50 Å². The molecule has 1 aromatic heterocycles. The van der Waals surface area contributed by atoms with Crippen LogP contribution in [0.1, 0.15) is 26.7 Å². The molecule has 2 rings (SSSR count). The van der Waals surface area contributed by atoms with Gasteiger partial charge in [-0.25, -0.2) is 4.98 Å². The van der Waals surface area contributed by atoms with Crippen LogP contribution in [0, 0.1) is 5.92 Å². The quantitative estimate of drug-likeness (QED) is 0.831. The van der Waals surface area contributed by atoms with Crippen molar-refractivity contribution in [3.63, 3.8) is 0 Å². The maximum Gasteiger partial charge on any atom is 0.143 e. The summed E-state index contributed by atoms with van der Waals surface area (Å²) in [6.45, 7) is 5.50. The van der Waals surface area contributed by atoms with Crippen molar-refractivity contribution in [1.29, 1.82) is 0 Å². The Morgan fingerprint density at radius 2 is 2.25 bits per heavy atom. The van der Waals surface area contributed by atoms with Crippen LogP contribution < -0.4 is 4.90 Å². The molecule has 88 valence electrons. The highest BCUT2D eigenvalue weighted by Gasteiger charge is 2.27. The lowest BCUT2D eigenvalue weighted by Gasteiger charge is -2.28. The van der Waals surface area contributed by atoms with Crippen molar-refractivity contribution in [3.05, 3.63) is 21.8 Å². The Morgan fingerprint density at radius 3 is 2.75 bits per heavy atom. The molecule has 0 N–H and O–H groups in total. The van der Waals surface area contributed by atoms with Gasteiger partial charge >= 0.3 is 0 Å². The number of rotatable bonds is 4. The lowest BCUT2D eigenvalue weighted by molar-refractivity contribution is 0.635. The zero-order valence-corrected chi connectivity index (χ0v) is 11.9. The van der Waals surface area contributed by atoms with E-state index in [2.05, 4.69) is 39.7 Å². The Hall–Kier alpha value is -0.280. The van der Waals surface area contributed by atoms with Crippen LogP contribution in [-0.2, 0) is 0 Å². The Morgan fingerprint density at radius 1 is 1.56 bits per heavy atom. The largest absolute Gasteiger partial charge is 0.353 e. The topological polar surface area (TPSA) is 16.1 Å². The SMILES string of the molecule is CC(C)N(CC1CC1)c1ncc(Cl)cc1Br. The monoisotopic (exact) mass is 302 g/mol. The minimum absolute atomic E-state index is 0.463. The average Bonchev–Trinajstić information content (AvgIpc) is 2.98. The molecule has 0 spiro atoms. The molecule has 0 unspecified atom stereocenters. The van der Waals surface area contributed by atoms with Crippen molar-refractivity contribution in [2.45, 2.75) is 32.7 Å². The Balaban J connectivity index is 2.22. The predicted octanol–water partition coefficient (Wildman–Crippen LogP) is 4.12. The van der Waals surface area contributed by atoms with E-state index >= 15 is 0 Å². The normalized spacial score (nSPS) is 15.6. The minimum Gasteiger partial charge on any atom is -0.353 e. The molecular formula is C12H16BrClN2. The van der Waals surface area contributed by atoms with Gasteiger partial charge in [0.1, 0.15) is 5.82 Å². The number of nitrogens with zero attached hydrogens (tertiary/aromatic N) is 2. The number of aromatic nitrogens is 1. The summed E-state index contributed by atoms with van der Waals surface area (Å²) in [4.78, 5) is 6.77. The van der Waals surface area contributed by atoms with Gasteiger partial charge in [-0.1, -0.05) is 11.6 Å². The molecule has 1 heterocycles. The van der Waals surface area contributed by atoms with E-state index in [1.54, 1.807) is 6.20 Å². The summed E-state index contributed by atoms with van der Waals surface area (Å²) in [6, 6.07) is 2.37. The summed E-state index contributed by atoms with van der Waals surface area (Å²) in [6.07, 6.45) is 4.42. The fourth-order valence-electron chi connectivity index (χ4n) is 1.74. The second kappa shape index (κ2) is 4.92. The second-order valence-corrected chi connectivity index (χ2v) is 5.94. The Labute approximate surface area is 110 Å². The highest BCUT2D eigenvalue weighted by Crippen LogP contribution is 2.34. The van der Waals surface area contributed by atoms with Crippen LogP contribution in [0.25, 0.3) is 0 Å². The van der Waals surface area contributed by atoms with Crippen LogP contribution in [0.4, 0.5) is 5.82 Å². The molecule has 0 saturated heterocycles. The van der Waals surface area contributed by atoms with Crippen LogP contribution in [-0.4, -0.2) is 17.6 Å². The van der Waals surface area contributed by atoms with E-state index in [9.17, 15) is 0 Å². The van der Waals surface area contributed by atoms with E-state index < -0.39 is 0 Å². The van der Waals surface area contributed by atoms with Crippen molar-refractivity contribution >= 4 is 33.3 Å². The van der Waals surface area contributed by atoms with Crippen LogP contribution in [0.15, 0.2) is 16.7 Å². The molecule has 0 bridgehead atoms. The Bertz CT molecular complexity index is 377. The van der Waals surface area contributed by atoms with E-state index in [1.165, 1.54) is 12.8 Å². The number of halogens is 2. The highest BCUT2D eigenvalue weighted by atomic mass is 79.9. The summed E-state index contributed by atoms with van der Waals surface area (Å²) in [5.74, 6) is 1.86. The number of hydrogen-bond donors (Lipinski definition) is 0. The fraction of sp³-hybridized carbons (Fsp3) is 0.583. The van der Waals surface area contributed by atoms with Crippen LogP contribution in [0.5, 0.6) is 0 Å². The van der Waals surface area contributed by atoms with Gasteiger partial charge in [-0.2, -0.15) is 0 Å². The summed E-state index contributed by atoms with van der Waals surface area (Å²) < 4.78 is 0.981. The molecule has 16 heavy (non-hydrogen) atoms. The van der Waals surface area contributed by atoms with E-state index in [-0.39, 0.29) is 0 Å². The zero-order chi connectivity index (χ0) is 11.7. The van der Waals surface area contributed by atoms with E-state index in [0.29, 0.717) is 11.1 Å². The maximum absolute atomic E-state index is 5.91. The van der Waals surface area contributed by atoms with Gasteiger partial charge in [0.2, 0.25) is 0 Å². The smallest absolute Gasteiger partial charge is 0.143 e. The molecule has 1 aliphatic carbocycles. The van der Waals surface area contributed by atoms with Gasteiger partial charge in [-0.05, 0) is 54.6 Å². The Kier molecular flexibility index (Phi) is 3.75. The summed E-state index contributed by atoms with van der Waals surface area (Å²) in [7, 11) is 0. The molecule has 1 saturated carbocycles. The lowest BCUT2D eigenvalue weighted by atomic mass is 10.2. The molecule has 1 fully saturated rings. The van der Waals surface area contributed by atoms with Gasteiger partial charge in [-0.3, -0.25) is 0 Å². The number of pyridine rings is 1. The minimum atomic E-state index is 0.463. The van der Waals surface area contributed by atoms with Crippen LogP contribution in [0.3, 0.4) is 0 Å². The molecule has 0 amide bonds. The molecule has 4 heteroatoms. The molecule has 1 aromatic rings. The van der Waals surface area contributed by atoms with Gasteiger partial charge in [0, 0.05) is 18.8 Å². The summed E-state index contributed by atoms with van der Waals surface area (Å²) >= 11 is 9.45. The summed E-state index contributed by atoms with van der Waals surface area (Å²) in [5.41, 5.74) is 0. The van der Waals surface area contributed by atoms with Crippen LogP contribution in [0.2, 0.25) is 5.02 Å². The fourth-order valence-corrected chi connectivity index (χ4v) is 2.61.